The summed E-state index contributed by atoms with van der Waals surface area (Å²) in [5.41, 5.74) is 0.584. The van der Waals surface area contributed by atoms with Crippen molar-refractivity contribution in [1.82, 2.24) is 0 Å². The van der Waals surface area contributed by atoms with Crippen LogP contribution in [-0.2, 0) is 0 Å². The van der Waals surface area contributed by atoms with E-state index in [0.717, 1.165) is 4.47 Å². The van der Waals surface area contributed by atoms with Crippen molar-refractivity contribution in [1.29, 1.82) is 5.26 Å². The number of nitriles is 1. The highest BCUT2D eigenvalue weighted by atomic mass is 79.9. The lowest BCUT2D eigenvalue weighted by atomic mass is 10.2. The standard InChI is InChI=1S/C14H8BrNO3/c15-11-3-6-13(10(7-11)8-16)19-12-4-1-9(2-5-12)14(17)18/h1-7H,(H,17,18). The maximum Gasteiger partial charge on any atom is 0.335 e. The van der Waals surface area contributed by atoms with Crippen molar-refractivity contribution in [3.8, 4) is 17.6 Å². The number of carbonyl (C=O) groups is 1. The Morgan fingerprint density at radius 1 is 1.21 bits per heavy atom. The number of rotatable bonds is 3. The van der Waals surface area contributed by atoms with Gasteiger partial charge in [-0.25, -0.2) is 4.79 Å². The lowest BCUT2D eigenvalue weighted by Crippen LogP contribution is -1.95. The van der Waals surface area contributed by atoms with Crippen molar-refractivity contribution in [3.63, 3.8) is 0 Å². The second kappa shape index (κ2) is 5.55. The van der Waals surface area contributed by atoms with Crippen LogP contribution in [0.5, 0.6) is 11.5 Å². The molecule has 0 aliphatic heterocycles. The SMILES string of the molecule is N#Cc1cc(Br)ccc1Oc1ccc(C(=O)O)cc1. The molecule has 0 amide bonds. The summed E-state index contributed by atoms with van der Waals surface area (Å²) in [5.74, 6) is -0.0921. The molecule has 0 unspecified atom stereocenters. The molecule has 0 aliphatic rings. The van der Waals surface area contributed by atoms with Gasteiger partial charge in [0, 0.05) is 4.47 Å². The van der Waals surface area contributed by atoms with Crippen LogP contribution < -0.4 is 4.74 Å². The van der Waals surface area contributed by atoms with E-state index in [9.17, 15) is 4.79 Å². The van der Waals surface area contributed by atoms with Crippen LogP contribution in [0, 0.1) is 11.3 Å². The van der Waals surface area contributed by atoms with Gasteiger partial charge in [-0.3, -0.25) is 0 Å². The molecule has 0 saturated carbocycles. The summed E-state index contributed by atoms with van der Waals surface area (Å²) in [5, 5.41) is 17.8. The highest BCUT2D eigenvalue weighted by Gasteiger charge is 2.07. The smallest absolute Gasteiger partial charge is 0.335 e. The zero-order valence-electron chi connectivity index (χ0n) is 9.63. The first kappa shape index (κ1) is 13.1. The Kier molecular flexibility index (Phi) is 3.83. The van der Waals surface area contributed by atoms with E-state index in [1.165, 1.54) is 12.1 Å². The van der Waals surface area contributed by atoms with Gasteiger partial charge in [-0.1, -0.05) is 15.9 Å². The van der Waals surface area contributed by atoms with Gasteiger partial charge in [-0.15, -0.1) is 0 Å². The first-order valence-electron chi connectivity index (χ1n) is 5.31. The molecule has 5 heteroatoms. The van der Waals surface area contributed by atoms with E-state index < -0.39 is 5.97 Å². The minimum atomic E-state index is -0.993. The van der Waals surface area contributed by atoms with Crippen LogP contribution in [0.2, 0.25) is 0 Å². The van der Waals surface area contributed by atoms with Gasteiger partial charge >= 0.3 is 5.97 Å². The Morgan fingerprint density at radius 3 is 2.47 bits per heavy atom. The Labute approximate surface area is 118 Å². The average Bonchev–Trinajstić information content (AvgIpc) is 2.41. The van der Waals surface area contributed by atoms with Crippen LogP contribution in [0.25, 0.3) is 0 Å². The van der Waals surface area contributed by atoms with Crippen LogP contribution in [0.1, 0.15) is 15.9 Å². The minimum absolute atomic E-state index is 0.184. The predicted molar refractivity (Wildman–Crippen MR) is 72.3 cm³/mol. The van der Waals surface area contributed by atoms with E-state index in [-0.39, 0.29) is 5.56 Å². The summed E-state index contributed by atoms with van der Waals surface area (Å²) in [6, 6.07) is 13.1. The monoisotopic (exact) mass is 317 g/mol. The van der Waals surface area contributed by atoms with Crippen LogP contribution in [0.4, 0.5) is 0 Å². The molecule has 0 aliphatic carbocycles. The summed E-state index contributed by atoms with van der Waals surface area (Å²) in [6.07, 6.45) is 0. The fourth-order valence-corrected chi connectivity index (χ4v) is 1.83. The molecule has 0 heterocycles. The summed E-state index contributed by atoms with van der Waals surface area (Å²) in [4.78, 5) is 10.7. The quantitative estimate of drug-likeness (QED) is 0.934. The van der Waals surface area contributed by atoms with Gasteiger partial charge in [0.05, 0.1) is 11.1 Å². The first-order chi connectivity index (χ1) is 9.10. The molecule has 0 fully saturated rings. The van der Waals surface area contributed by atoms with Crippen LogP contribution in [-0.4, -0.2) is 11.1 Å². The molecule has 1 N–H and O–H groups in total. The van der Waals surface area contributed by atoms with Crippen LogP contribution in [0.3, 0.4) is 0 Å². The molecule has 0 aromatic heterocycles. The number of nitrogens with zero attached hydrogens (tertiary/aromatic N) is 1. The second-order valence-corrected chi connectivity index (χ2v) is 4.60. The lowest BCUT2D eigenvalue weighted by molar-refractivity contribution is 0.0697. The van der Waals surface area contributed by atoms with Crippen LogP contribution >= 0.6 is 15.9 Å². The molecule has 19 heavy (non-hydrogen) atoms. The number of hydrogen-bond donors (Lipinski definition) is 1. The number of halogens is 1. The number of carboxylic acid groups (broad SMARTS) is 1. The maximum absolute atomic E-state index is 10.7. The van der Waals surface area contributed by atoms with Crippen molar-refractivity contribution in [2.24, 2.45) is 0 Å². The van der Waals surface area contributed by atoms with Gasteiger partial charge in [-0.05, 0) is 42.5 Å². The second-order valence-electron chi connectivity index (χ2n) is 3.68. The number of ether oxygens (including phenoxy) is 1. The molecule has 0 atom stereocenters. The third-order valence-electron chi connectivity index (χ3n) is 2.39. The molecule has 0 bridgehead atoms. The number of carboxylic acids is 1. The van der Waals surface area contributed by atoms with E-state index >= 15 is 0 Å². The van der Waals surface area contributed by atoms with E-state index in [0.29, 0.717) is 17.1 Å². The highest BCUT2D eigenvalue weighted by Crippen LogP contribution is 2.27. The summed E-state index contributed by atoms with van der Waals surface area (Å²) in [6.45, 7) is 0. The summed E-state index contributed by atoms with van der Waals surface area (Å²) in [7, 11) is 0. The van der Waals surface area contributed by atoms with E-state index in [2.05, 4.69) is 15.9 Å². The molecule has 2 aromatic carbocycles. The Morgan fingerprint density at radius 2 is 1.89 bits per heavy atom. The fourth-order valence-electron chi connectivity index (χ4n) is 1.47. The number of hydrogen-bond acceptors (Lipinski definition) is 3. The average molecular weight is 318 g/mol. The third kappa shape index (κ3) is 3.12. The van der Waals surface area contributed by atoms with Gasteiger partial charge in [0.15, 0.2) is 0 Å². The maximum atomic E-state index is 10.7. The number of benzene rings is 2. The molecule has 4 nitrogen and oxygen atoms in total. The Hall–Kier alpha value is -2.32. The first-order valence-corrected chi connectivity index (χ1v) is 6.10. The zero-order chi connectivity index (χ0) is 13.8. The van der Waals surface area contributed by atoms with Gasteiger partial charge < -0.3 is 9.84 Å². The summed E-state index contributed by atoms with van der Waals surface area (Å²) < 4.78 is 6.34. The zero-order valence-corrected chi connectivity index (χ0v) is 11.2. The Balaban J connectivity index is 2.26. The molecular weight excluding hydrogens is 310 g/mol. The lowest BCUT2D eigenvalue weighted by Gasteiger charge is -2.07. The van der Waals surface area contributed by atoms with E-state index in [1.54, 1.807) is 30.3 Å². The molecule has 2 rings (SSSR count). The van der Waals surface area contributed by atoms with Crippen molar-refractivity contribution in [2.45, 2.75) is 0 Å². The molecule has 0 spiro atoms. The molecule has 94 valence electrons. The van der Waals surface area contributed by atoms with Gasteiger partial charge in [0.2, 0.25) is 0 Å². The molecule has 0 radical (unpaired) electrons. The molecular formula is C14H8BrNO3. The highest BCUT2D eigenvalue weighted by molar-refractivity contribution is 9.10. The van der Waals surface area contributed by atoms with Crippen molar-refractivity contribution in [3.05, 3.63) is 58.1 Å². The normalized spacial score (nSPS) is 9.68. The van der Waals surface area contributed by atoms with Crippen molar-refractivity contribution in [2.75, 3.05) is 0 Å². The van der Waals surface area contributed by atoms with E-state index in [4.69, 9.17) is 15.1 Å². The minimum Gasteiger partial charge on any atom is -0.478 e. The third-order valence-corrected chi connectivity index (χ3v) is 2.88. The summed E-state index contributed by atoms with van der Waals surface area (Å²) >= 11 is 3.28. The molecule has 2 aromatic rings. The van der Waals surface area contributed by atoms with Gasteiger partial charge in [0.25, 0.3) is 0 Å². The molecule has 0 saturated heterocycles. The number of aromatic carboxylic acids is 1. The van der Waals surface area contributed by atoms with Crippen molar-refractivity contribution < 1.29 is 14.6 Å². The van der Waals surface area contributed by atoms with Gasteiger partial charge in [-0.2, -0.15) is 5.26 Å². The van der Waals surface area contributed by atoms with Crippen LogP contribution in [0.15, 0.2) is 46.9 Å². The fraction of sp³-hybridized carbons (Fsp3) is 0. The largest absolute Gasteiger partial charge is 0.478 e. The Bertz CT molecular complexity index is 659. The van der Waals surface area contributed by atoms with Gasteiger partial charge in [0.1, 0.15) is 17.6 Å². The van der Waals surface area contributed by atoms with Crippen molar-refractivity contribution >= 4 is 21.9 Å². The predicted octanol–water partition coefficient (Wildman–Crippen LogP) is 3.81. The topological polar surface area (TPSA) is 70.3 Å². The van der Waals surface area contributed by atoms with E-state index in [1.807, 2.05) is 6.07 Å².